The Labute approximate surface area is 110 Å². The Hall–Kier alpha value is -1.18. The van der Waals surface area contributed by atoms with Crippen molar-refractivity contribution in [2.75, 3.05) is 5.73 Å². The van der Waals surface area contributed by atoms with Crippen LogP contribution >= 0.6 is 11.3 Å². The number of hydrogen-bond donors (Lipinski definition) is 2. The van der Waals surface area contributed by atoms with Gasteiger partial charge in [0.05, 0.1) is 15.1 Å². The van der Waals surface area contributed by atoms with Gasteiger partial charge in [-0.15, -0.1) is 0 Å². The first kappa shape index (κ1) is 13.3. The third-order valence-corrected chi connectivity index (χ3v) is 5.09. The predicted molar refractivity (Wildman–Crippen MR) is 74.1 cm³/mol. The van der Waals surface area contributed by atoms with Gasteiger partial charge in [0, 0.05) is 6.04 Å². The highest BCUT2D eigenvalue weighted by Gasteiger charge is 2.17. The van der Waals surface area contributed by atoms with Crippen LogP contribution in [0.2, 0.25) is 0 Å². The summed E-state index contributed by atoms with van der Waals surface area (Å²) in [4.78, 5) is 4.34. The van der Waals surface area contributed by atoms with Gasteiger partial charge in [-0.25, -0.2) is 18.1 Å². The van der Waals surface area contributed by atoms with Crippen LogP contribution in [0.3, 0.4) is 0 Å². The van der Waals surface area contributed by atoms with Crippen molar-refractivity contribution in [1.82, 2.24) is 9.71 Å². The standard InChI is InChI=1S/C11H15N3O2S2/c1-3-7(2)14-18(15,16)8-4-5-9-10(6-8)17-11(12)13-9/h4-7,14H,3H2,1-2H3,(H2,12,13). The highest BCUT2D eigenvalue weighted by Crippen LogP contribution is 2.26. The molecule has 18 heavy (non-hydrogen) atoms. The normalized spacial score (nSPS) is 13.9. The molecule has 1 atom stereocenters. The summed E-state index contributed by atoms with van der Waals surface area (Å²) in [6.07, 6.45) is 0.745. The van der Waals surface area contributed by atoms with Crippen molar-refractivity contribution in [3.63, 3.8) is 0 Å². The zero-order valence-corrected chi connectivity index (χ0v) is 11.8. The molecule has 0 amide bonds. The smallest absolute Gasteiger partial charge is 0.240 e. The van der Waals surface area contributed by atoms with E-state index in [-0.39, 0.29) is 10.9 Å². The number of fused-ring (bicyclic) bond motifs is 1. The van der Waals surface area contributed by atoms with E-state index in [0.717, 1.165) is 16.6 Å². The number of aromatic nitrogens is 1. The molecule has 0 saturated heterocycles. The third kappa shape index (κ3) is 2.63. The maximum Gasteiger partial charge on any atom is 0.240 e. The molecule has 1 aromatic carbocycles. The molecule has 2 rings (SSSR count). The molecule has 0 aliphatic rings. The summed E-state index contributed by atoms with van der Waals surface area (Å²) in [6, 6.07) is 4.74. The van der Waals surface area contributed by atoms with Gasteiger partial charge in [0.25, 0.3) is 0 Å². The first-order valence-corrected chi connectivity index (χ1v) is 7.90. The fourth-order valence-electron chi connectivity index (χ4n) is 1.51. The maximum absolute atomic E-state index is 12.1. The lowest BCUT2D eigenvalue weighted by Gasteiger charge is -2.11. The second-order valence-electron chi connectivity index (χ2n) is 4.11. The number of nitrogen functional groups attached to an aromatic ring is 1. The third-order valence-electron chi connectivity index (χ3n) is 2.66. The van der Waals surface area contributed by atoms with Gasteiger partial charge in [-0.1, -0.05) is 18.3 Å². The number of benzene rings is 1. The largest absolute Gasteiger partial charge is 0.375 e. The van der Waals surface area contributed by atoms with E-state index in [0.29, 0.717) is 5.13 Å². The lowest BCUT2D eigenvalue weighted by molar-refractivity contribution is 0.556. The zero-order valence-electron chi connectivity index (χ0n) is 10.2. The zero-order chi connectivity index (χ0) is 13.3. The fraction of sp³-hybridized carbons (Fsp3) is 0.364. The quantitative estimate of drug-likeness (QED) is 0.899. The minimum absolute atomic E-state index is 0.0859. The predicted octanol–water partition coefficient (Wildman–Crippen LogP) is 1.96. The van der Waals surface area contributed by atoms with Crippen molar-refractivity contribution in [1.29, 1.82) is 0 Å². The van der Waals surface area contributed by atoms with Crippen molar-refractivity contribution in [3.05, 3.63) is 18.2 Å². The SMILES string of the molecule is CCC(C)NS(=O)(=O)c1ccc2nc(N)sc2c1. The maximum atomic E-state index is 12.1. The number of anilines is 1. The Balaban J connectivity index is 2.41. The molecule has 0 spiro atoms. The van der Waals surface area contributed by atoms with Crippen molar-refractivity contribution in [3.8, 4) is 0 Å². The number of thiazole rings is 1. The highest BCUT2D eigenvalue weighted by atomic mass is 32.2. The molecule has 2 aromatic rings. The number of nitrogens with one attached hydrogen (secondary N) is 1. The van der Waals surface area contributed by atoms with Gasteiger partial charge in [-0.2, -0.15) is 0 Å². The summed E-state index contributed by atoms with van der Waals surface area (Å²) >= 11 is 1.28. The second kappa shape index (κ2) is 4.83. The van der Waals surface area contributed by atoms with Crippen LogP contribution in [0.4, 0.5) is 5.13 Å². The van der Waals surface area contributed by atoms with Crippen LogP contribution < -0.4 is 10.5 Å². The summed E-state index contributed by atoms with van der Waals surface area (Å²) in [5, 5.41) is 0.439. The van der Waals surface area contributed by atoms with E-state index < -0.39 is 10.0 Å². The first-order chi connectivity index (χ1) is 8.42. The molecule has 0 aliphatic carbocycles. The van der Waals surface area contributed by atoms with E-state index in [4.69, 9.17) is 5.73 Å². The molecule has 3 N–H and O–H groups in total. The molecule has 0 saturated carbocycles. The Morgan fingerprint density at radius 1 is 1.50 bits per heavy atom. The van der Waals surface area contributed by atoms with Crippen molar-refractivity contribution < 1.29 is 8.42 Å². The van der Waals surface area contributed by atoms with Crippen LogP contribution in [0.25, 0.3) is 10.2 Å². The number of rotatable bonds is 4. The van der Waals surface area contributed by atoms with Gasteiger partial charge in [-0.3, -0.25) is 0 Å². The summed E-state index contributed by atoms with van der Waals surface area (Å²) < 4.78 is 27.6. The minimum atomic E-state index is -3.47. The molecule has 0 radical (unpaired) electrons. The summed E-state index contributed by atoms with van der Waals surface area (Å²) in [7, 11) is -3.47. The van der Waals surface area contributed by atoms with Gasteiger partial charge >= 0.3 is 0 Å². The average Bonchev–Trinajstić information content (AvgIpc) is 2.67. The molecule has 7 heteroatoms. The van der Waals surface area contributed by atoms with Gasteiger partial charge in [0.2, 0.25) is 10.0 Å². The second-order valence-corrected chi connectivity index (χ2v) is 6.89. The van der Waals surface area contributed by atoms with Crippen LogP contribution in [0, 0.1) is 0 Å². The molecular formula is C11H15N3O2S2. The molecular weight excluding hydrogens is 270 g/mol. The summed E-state index contributed by atoms with van der Waals surface area (Å²) in [5.41, 5.74) is 6.32. The lowest BCUT2D eigenvalue weighted by Crippen LogP contribution is -2.31. The minimum Gasteiger partial charge on any atom is -0.375 e. The topological polar surface area (TPSA) is 85.1 Å². The first-order valence-electron chi connectivity index (χ1n) is 5.61. The van der Waals surface area contributed by atoms with Gasteiger partial charge < -0.3 is 5.73 Å². The van der Waals surface area contributed by atoms with E-state index in [2.05, 4.69) is 9.71 Å². The van der Waals surface area contributed by atoms with Gasteiger partial charge in [-0.05, 0) is 31.5 Å². The monoisotopic (exact) mass is 285 g/mol. The summed E-state index contributed by atoms with van der Waals surface area (Å²) in [5.74, 6) is 0. The van der Waals surface area contributed by atoms with Crippen molar-refractivity contribution >= 4 is 36.7 Å². The Bertz CT molecular complexity index is 664. The van der Waals surface area contributed by atoms with E-state index in [1.807, 2.05) is 13.8 Å². The Morgan fingerprint density at radius 3 is 2.89 bits per heavy atom. The number of nitrogens with two attached hydrogens (primary N) is 1. The van der Waals surface area contributed by atoms with E-state index in [9.17, 15) is 8.42 Å². The van der Waals surface area contributed by atoms with Crippen molar-refractivity contribution in [2.45, 2.75) is 31.2 Å². The van der Waals surface area contributed by atoms with E-state index in [1.165, 1.54) is 11.3 Å². The molecule has 0 fully saturated rings. The van der Waals surface area contributed by atoms with Crippen LogP contribution in [0.1, 0.15) is 20.3 Å². The molecule has 1 aromatic heterocycles. The molecule has 5 nitrogen and oxygen atoms in total. The van der Waals surface area contributed by atoms with E-state index in [1.54, 1.807) is 18.2 Å². The molecule has 1 unspecified atom stereocenters. The van der Waals surface area contributed by atoms with Crippen LogP contribution in [-0.2, 0) is 10.0 Å². The Kier molecular flexibility index (Phi) is 3.56. The van der Waals surface area contributed by atoms with E-state index >= 15 is 0 Å². The summed E-state index contributed by atoms with van der Waals surface area (Å²) in [6.45, 7) is 3.76. The number of hydrogen-bond acceptors (Lipinski definition) is 5. The highest BCUT2D eigenvalue weighted by molar-refractivity contribution is 7.89. The molecule has 0 bridgehead atoms. The van der Waals surface area contributed by atoms with Crippen molar-refractivity contribution in [2.24, 2.45) is 0 Å². The Morgan fingerprint density at radius 2 is 2.22 bits per heavy atom. The lowest BCUT2D eigenvalue weighted by atomic mass is 10.3. The van der Waals surface area contributed by atoms with Crippen LogP contribution in [0.15, 0.2) is 23.1 Å². The number of sulfonamides is 1. The average molecular weight is 285 g/mol. The van der Waals surface area contributed by atoms with Crippen LogP contribution in [0.5, 0.6) is 0 Å². The molecule has 98 valence electrons. The van der Waals surface area contributed by atoms with Gasteiger partial charge in [0.15, 0.2) is 5.13 Å². The molecule has 1 heterocycles. The van der Waals surface area contributed by atoms with Crippen LogP contribution in [-0.4, -0.2) is 19.4 Å². The van der Waals surface area contributed by atoms with Gasteiger partial charge in [0.1, 0.15) is 0 Å². The number of nitrogens with zero attached hydrogens (tertiary/aromatic N) is 1. The molecule has 0 aliphatic heterocycles. The fourth-order valence-corrected chi connectivity index (χ4v) is 3.71.